The molecule has 0 unspecified atom stereocenters. The molecule has 1 heterocycles. The van der Waals surface area contributed by atoms with Crippen molar-refractivity contribution in [2.75, 3.05) is 11.9 Å². The second-order valence-corrected chi connectivity index (χ2v) is 6.02. The summed E-state index contributed by atoms with van der Waals surface area (Å²) in [4.78, 5) is 26.1. The molecule has 0 radical (unpaired) electrons. The monoisotopic (exact) mass is 285 g/mol. The lowest BCUT2D eigenvalue weighted by Gasteiger charge is -2.14. The molecule has 0 aliphatic rings. The summed E-state index contributed by atoms with van der Waals surface area (Å²) < 4.78 is 0. The van der Waals surface area contributed by atoms with E-state index in [1.807, 2.05) is 5.38 Å². The fraction of sp³-hybridized carbons (Fsp3) is 0.583. The number of urea groups is 1. The van der Waals surface area contributed by atoms with Crippen LogP contribution in [0.25, 0.3) is 0 Å². The van der Waals surface area contributed by atoms with Gasteiger partial charge in [0.1, 0.15) is 0 Å². The van der Waals surface area contributed by atoms with Gasteiger partial charge in [0.15, 0.2) is 5.13 Å². The zero-order chi connectivity index (χ0) is 14.5. The standard InChI is InChI=1S/C12H19N3O3S/c1-12(2,3)8-7-19-11(14-8)15-10(18)13-6-4-5-9(16)17/h7H,4-6H2,1-3H3,(H,16,17)(H2,13,14,15,18). The van der Waals surface area contributed by atoms with E-state index in [4.69, 9.17) is 5.11 Å². The van der Waals surface area contributed by atoms with Crippen molar-refractivity contribution in [2.45, 2.75) is 39.0 Å². The van der Waals surface area contributed by atoms with Crippen LogP contribution in [0.2, 0.25) is 0 Å². The predicted molar refractivity (Wildman–Crippen MR) is 74.7 cm³/mol. The van der Waals surface area contributed by atoms with E-state index in [1.165, 1.54) is 11.3 Å². The van der Waals surface area contributed by atoms with Crippen molar-refractivity contribution in [1.82, 2.24) is 10.3 Å². The largest absolute Gasteiger partial charge is 0.481 e. The molecule has 0 spiro atoms. The van der Waals surface area contributed by atoms with Gasteiger partial charge in [0.2, 0.25) is 0 Å². The zero-order valence-electron chi connectivity index (χ0n) is 11.3. The molecule has 0 fully saturated rings. The topological polar surface area (TPSA) is 91.3 Å². The van der Waals surface area contributed by atoms with Crippen LogP contribution in [-0.2, 0) is 10.2 Å². The first-order chi connectivity index (χ1) is 8.79. The van der Waals surface area contributed by atoms with E-state index < -0.39 is 5.97 Å². The Morgan fingerprint density at radius 1 is 1.42 bits per heavy atom. The Labute approximate surface area is 116 Å². The van der Waals surface area contributed by atoms with E-state index in [2.05, 4.69) is 36.4 Å². The van der Waals surface area contributed by atoms with E-state index in [1.54, 1.807) is 0 Å². The molecule has 2 amide bonds. The average molecular weight is 285 g/mol. The van der Waals surface area contributed by atoms with Gasteiger partial charge in [-0.25, -0.2) is 9.78 Å². The van der Waals surface area contributed by atoms with Crippen LogP contribution < -0.4 is 10.6 Å². The van der Waals surface area contributed by atoms with Crippen molar-refractivity contribution >= 4 is 28.5 Å². The molecule has 0 aromatic carbocycles. The number of amides is 2. The Balaban J connectivity index is 2.36. The first-order valence-corrected chi connectivity index (χ1v) is 6.89. The number of anilines is 1. The van der Waals surface area contributed by atoms with Crippen molar-refractivity contribution in [3.63, 3.8) is 0 Å². The van der Waals surface area contributed by atoms with E-state index >= 15 is 0 Å². The summed E-state index contributed by atoms with van der Waals surface area (Å²) in [5, 5.41) is 16.1. The number of carbonyl (C=O) groups excluding carboxylic acids is 1. The molecule has 7 heteroatoms. The third-order valence-corrected chi connectivity index (χ3v) is 3.10. The quantitative estimate of drug-likeness (QED) is 0.724. The lowest BCUT2D eigenvalue weighted by atomic mass is 9.93. The fourth-order valence-electron chi connectivity index (χ4n) is 1.26. The van der Waals surface area contributed by atoms with Crippen molar-refractivity contribution in [1.29, 1.82) is 0 Å². The maximum Gasteiger partial charge on any atom is 0.321 e. The number of hydrogen-bond donors (Lipinski definition) is 3. The number of aliphatic carboxylic acids is 1. The van der Waals surface area contributed by atoms with Crippen molar-refractivity contribution in [3.05, 3.63) is 11.1 Å². The molecular formula is C12H19N3O3S. The highest BCUT2D eigenvalue weighted by molar-refractivity contribution is 7.13. The zero-order valence-corrected chi connectivity index (χ0v) is 12.1. The third kappa shape index (κ3) is 5.69. The molecule has 1 aromatic rings. The van der Waals surface area contributed by atoms with Crippen LogP contribution in [0.3, 0.4) is 0 Å². The summed E-state index contributed by atoms with van der Waals surface area (Å²) in [6.45, 7) is 6.49. The van der Waals surface area contributed by atoms with Crippen LogP contribution in [0.4, 0.5) is 9.93 Å². The Kier molecular flexibility index (Phi) is 5.29. The summed E-state index contributed by atoms with van der Waals surface area (Å²) in [5.74, 6) is -0.864. The van der Waals surface area contributed by atoms with Gasteiger partial charge in [0, 0.05) is 23.8 Å². The van der Waals surface area contributed by atoms with Gasteiger partial charge in [-0.15, -0.1) is 11.3 Å². The fourth-order valence-corrected chi connectivity index (χ4v) is 2.19. The summed E-state index contributed by atoms with van der Waals surface area (Å²) in [7, 11) is 0. The molecule has 0 atom stereocenters. The number of carboxylic acids is 1. The molecule has 0 aliphatic heterocycles. The Hall–Kier alpha value is -1.63. The van der Waals surface area contributed by atoms with Crippen LogP contribution in [0.1, 0.15) is 39.3 Å². The van der Waals surface area contributed by atoms with E-state index in [-0.39, 0.29) is 17.9 Å². The lowest BCUT2D eigenvalue weighted by molar-refractivity contribution is -0.137. The summed E-state index contributed by atoms with van der Waals surface area (Å²) in [6, 6.07) is -0.361. The minimum atomic E-state index is -0.864. The number of carbonyl (C=O) groups is 2. The molecule has 3 N–H and O–H groups in total. The van der Waals surface area contributed by atoms with Crippen LogP contribution in [0, 0.1) is 0 Å². The average Bonchev–Trinajstić information content (AvgIpc) is 2.72. The highest BCUT2D eigenvalue weighted by Crippen LogP contribution is 2.26. The van der Waals surface area contributed by atoms with Gasteiger partial charge in [-0.2, -0.15) is 0 Å². The molecular weight excluding hydrogens is 266 g/mol. The lowest BCUT2D eigenvalue weighted by Crippen LogP contribution is -2.29. The number of carboxylic acid groups (broad SMARTS) is 1. The Morgan fingerprint density at radius 3 is 2.63 bits per heavy atom. The first kappa shape index (κ1) is 15.4. The smallest absolute Gasteiger partial charge is 0.321 e. The van der Waals surface area contributed by atoms with E-state index in [0.29, 0.717) is 18.1 Å². The van der Waals surface area contributed by atoms with Crippen molar-refractivity contribution in [2.24, 2.45) is 0 Å². The second-order valence-electron chi connectivity index (χ2n) is 5.17. The number of nitrogens with one attached hydrogen (secondary N) is 2. The minimum Gasteiger partial charge on any atom is -0.481 e. The molecule has 0 aliphatic carbocycles. The van der Waals surface area contributed by atoms with Gasteiger partial charge in [-0.1, -0.05) is 20.8 Å². The van der Waals surface area contributed by atoms with Crippen molar-refractivity contribution < 1.29 is 14.7 Å². The van der Waals surface area contributed by atoms with Crippen LogP contribution in [-0.4, -0.2) is 28.6 Å². The van der Waals surface area contributed by atoms with Gasteiger partial charge in [0.25, 0.3) is 0 Å². The highest BCUT2D eigenvalue weighted by Gasteiger charge is 2.17. The maximum atomic E-state index is 11.5. The molecule has 1 aromatic heterocycles. The molecule has 1 rings (SSSR count). The summed E-state index contributed by atoms with van der Waals surface area (Å²) in [5.41, 5.74) is 0.882. The number of nitrogens with zero attached hydrogens (tertiary/aromatic N) is 1. The van der Waals surface area contributed by atoms with Gasteiger partial charge < -0.3 is 10.4 Å². The number of hydrogen-bond acceptors (Lipinski definition) is 4. The van der Waals surface area contributed by atoms with Crippen LogP contribution in [0.5, 0.6) is 0 Å². The molecule has 0 saturated carbocycles. The normalized spacial score (nSPS) is 11.1. The molecule has 0 saturated heterocycles. The van der Waals surface area contributed by atoms with Gasteiger partial charge in [-0.3, -0.25) is 10.1 Å². The summed E-state index contributed by atoms with van der Waals surface area (Å²) >= 11 is 1.37. The highest BCUT2D eigenvalue weighted by atomic mass is 32.1. The van der Waals surface area contributed by atoms with E-state index in [0.717, 1.165) is 5.69 Å². The van der Waals surface area contributed by atoms with Crippen LogP contribution in [0.15, 0.2) is 5.38 Å². The minimum absolute atomic E-state index is 0.0472. The SMILES string of the molecule is CC(C)(C)c1csc(NC(=O)NCCCC(=O)O)n1. The third-order valence-electron chi connectivity index (χ3n) is 2.35. The number of aromatic nitrogens is 1. The first-order valence-electron chi connectivity index (χ1n) is 6.01. The summed E-state index contributed by atoms with van der Waals surface area (Å²) in [6.07, 6.45) is 0.458. The predicted octanol–water partition coefficient (Wildman–Crippen LogP) is 2.43. The Bertz CT molecular complexity index is 451. The van der Waals surface area contributed by atoms with Gasteiger partial charge in [0.05, 0.1) is 5.69 Å². The Morgan fingerprint density at radius 2 is 2.11 bits per heavy atom. The molecule has 19 heavy (non-hydrogen) atoms. The van der Waals surface area contributed by atoms with Gasteiger partial charge in [-0.05, 0) is 6.42 Å². The second kappa shape index (κ2) is 6.51. The number of rotatable bonds is 5. The van der Waals surface area contributed by atoms with Crippen molar-refractivity contribution in [3.8, 4) is 0 Å². The molecule has 106 valence electrons. The molecule has 6 nitrogen and oxygen atoms in total. The van der Waals surface area contributed by atoms with Crippen LogP contribution >= 0.6 is 11.3 Å². The van der Waals surface area contributed by atoms with Gasteiger partial charge >= 0.3 is 12.0 Å². The number of thiazole rings is 1. The maximum absolute atomic E-state index is 11.5. The van der Waals surface area contributed by atoms with E-state index in [9.17, 15) is 9.59 Å². The molecule has 0 bridgehead atoms.